The van der Waals surface area contributed by atoms with Crippen LogP contribution in [0.5, 0.6) is 0 Å². The van der Waals surface area contributed by atoms with Crippen molar-refractivity contribution in [2.75, 3.05) is 12.3 Å². The molecule has 26 heavy (non-hydrogen) atoms. The molecule has 2 N–H and O–H groups in total. The first kappa shape index (κ1) is 16.3. The minimum Gasteiger partial charge on any atom is -0.399 e. The van der Waals surface area contributed by atoms with E-state index in [4.69, 9.17) is 5.73 Å². The summed E-state index contributed by atoms with van der Waals surface area (Å²) in [6.45, 7) is 2.62. The number of nitrogen functional groups attached to an aromatic ring is 1. The number of benzene rings is 2. The molecule has 0 spiro atoms. The summed E-state index contributed by atoms with van der Waals surface area (Å²) in [7, 11) is 0. The van der Waals surface area contributed by atoms with Gasteiger partial charge in [-0.25, -0.2) is 0 Å². The van der Waals surface area contributed by atoms with Crippen molar-refractivity contribution >= 4 is 23.4 Å². The van der Waals surface area contributed by atoms with Crippen LogP contribution in [0.15, 0.2) is 42.5 Å². The number of hydrogen-bond donors (Lipinski definition) is 1. The summed E-state index contributed by atoms with van der Waals surface area (Å²) >= 11 is 0. The molecular formula is C20H19N3O3. The van der Waals surface area contributed by atoms with Crippen molar-refractivity contribution in [2.24, 2.45) is 0 Å². The zero-order valence-electron chi connectivity index (χ0n) is 14.4. The molecule has 2 aliphatic rings. The number of nitrogens with two attached hydrogens (primary N) is 1. The first-order valence-electron chi connectivity index (χ1n) is 8.60. The highest BCUT2D eigenvalue weighted by Crippen LogP contribution is 2.27. The Morgan fingerprint density at radius 2 is 1.69 bits per heavy atom. The summed E-state index contributed by atoms with van der Waals surface area (Å²) in [6, 6.07) is 11.5. The van der Waals surface area contributed by atoms with Gasteiger partial charge in [0.1, 0.15) is 6.04 Å². The SMILES string of the molecule is CC(C(=O)N1CCc2cc(N)ccc2C1)N1C(=O)c2ccccc2C1=O. The van der Waals surface area contributed by atoms with Gasteiger partial charge < -0.3 is 10.6 Å². The molecule has 0 fully saturated rings. The molecule has 4 rings (SSSR count). The lowest BCUT2D eigenvalue weighted by atomic mass is 9.98. The van der Waals surface area contributed by atoms with Crippen molar-refractivity contribution in [1.82, 2.24) is 9.80 Å². The molecule has 0 aromatic heterocycles. The van der Waals surface area contributed by atoms with Crippen LogP contribution in [0.2, 0.25) is 0 Å². The van der Waals surface area contributed by atoms with E-state index in [9.17, 15) is 14.4 Å². The number of nitrogens with zero attached hydrogens (tertiary/aromatic N) is 2. The molecule has 3 amide bonds. The van der Waals surface area contributed by atoms with Crippen LogP contribution in [0.25, 0.3) is 0 Å². The normalized spacial score (nSPS) is 17.1. The minimum absolute atomic E-state index is 0.220. The average molecular weight is 349 g/mol. The van der Waals surface area contributed by atoms with Crippen LogP contribution in [0, 0.1) is 0 Å². The fraction of sp³-hybridized carbons (Fsp3) is 0.250. The lowest BCUT2D eigenvalue weighted by Gasteiger charge is -2.33. The van der Waals surface area contributed by atoms with E-state index in [0.717, 1.165) is 16.0 Å². The molecule has 2 aromatic rings. The second kappa shape index (κ2) is 5.98. The van der Waals surface area contributed by atoms with E-state index in [2.05, 4.69) is 0 Å². The number of fused-ring (bicyclic) bond motifs is 2. The quantitative estimate of drug-likeness (QED) is 0.662. The number of carbonyl (C=O) groups excluding carboxylic acids is 3. The third kappa shape index (κ3) is 2.45. The van der Waals surface area contributed by atoms with Gasteiger partial charge in [-0.1, -0.05) is 18.2 Å². The Morgan fingerprint density at radius 1 is 1.04 bits per heavy atom. The van der Waals surface area contributed by atoms with Crippen LogP contribution in [0.4, 0.5) is 5.69 Å². The van der Waals surface area contributed by atoms with Crippen LogP contribution in [-0.4, -0.2) is 40.1 Å². The summed E-state index contributed by atoms with van der Waals surface area (Å²) < 4.78 is 0. The van der Waals surface area contributed by atoms with E-state index >= 15 is 0 Å². The van der Waals surface area contributed by atoms with Gasteiger partial charge in [0, 0.05) is 18.8 Å². The number of hydrogen-bond acceptors (Lipinski definition) is 4. The molecular weight excluding hydrogens is 330 g/mol. The standard InChI is InChI=1S/C20H19N3O3/c1-12(23-19(25)16-4-2-3-5-17(16)20(23)26)18(24)22-9-8-13-10-15(21)7-6-14(13)11-22/h2-7,10,12H,8-9,11,21H2,1H3. The Morgan fingerprint density at radius 3 is 2.35 bits per heavy atom. The van der Waals surface area contributed by atoms with Gasteiger partial charge in [-0.15, -0.1) is 0 Å². The lowest BCUT2D eigenvalue weighted by molar-refractivity contribution is -0.135. The summed E-state index contributed by atoms with van der Waals surface area (Å²) in [4.78, 5) is 40.9. The molecule has 6 heteroatoms. The predicted octanol–water partition coefficient (Wildman–Crippen LogP) is 1.84. The smallest absolute Gasteiger partial charge is 0.262 e. The molecule has 0 radical (unpaired) electrons. The van der Waals surface area contributed by atoms with Gasteiger partial charge in [0.05, 0.1) is 11.1 Å². The highest BCUT2D eigenvalue weighted by Gasteiger charge is 2.42. The van der Waals surface area contributed by atoms with Gasteiger partial charge in [0.15, 0.2) is 0 Å². The molecule has 2 aromatic carbocycles. The van der Waals surface area contributed by atoms with E-state index in [1.165, 1.54) is 0 Å². The predicted molar refractivity (Wildman–Crippen MR) is 96.4 cm³/mol. The van der Waals surface area contributed by atoms with E-state index < -0.39 is 17.9 Å². The monoisotopic (exact) mass is 349 g/mol. The first-order chi connectivity index (χ1) is 12.5. The number of anilines is 1. The highest BCUT2D eigenvalue weighted by atomic mass is 16.2. The van der Waals surface area contributed by atoms with Gasteiger partial charge in [-0.2, -0.15) is 0 Å². The molecule has 0 saturated carbocycles. The third-order valence-electron chi connectivity index (χ3n) is 5.12. The van der Waals surface area contributed by atoms with E-state index in [-0.39, 0.29) is 5.91 Å². The summed E-state index contributed by atoms with van der Waals surface area (Å²) in [5, 5.41) is 0. The lowest BCUT2D eigenvalue weighted by Crippen LogP contribution is -2.50. The van der Waals surface area contributed by atoms with Crippen LogP contribution in [0.3, 0.4) is 0 Å². The van der Waals surface area contributed by atoms with Crippen LogP contribution in [0.1, 0.15) is 38.8 Å². The van der Waals surface area contributed by atoms with Crippen molar-refractivity contribution in [1.29, 1.82) is 0 Å². The minimum atomic E-state index is -0.835. The Balaban J connectivity index is 1.55. The topological polar surface area (TPSA) is 83.7 Å². The summed E-state index contributed by atoms with van der Waals surface area (Å²) in [6.07, 6.45) is 0.709. The molecule has 0 saturated heterocycles. The van der Waals surface area contributed by atoms with Crippen molar-refractivity contribution < 1.29 is 14.4 Å². The van der Waals surface area contributed by atoms with Crippen molar-refractivity contribution in [3.05, 3.63) is 64.7 Å². The maximum atomic E-state index is 13.0. The van der Waals surface area contributed by atoms with E-state index in [1.54, 1.807) is 36.1 Å². The second-order valence-corrected chi connectivity index (χ2v) is 6.74. The molecule has 6 nitrogen and oxygen atoms in total. The zero-order chi connectivity index (χ0) is 18.4. The molecule has 2 heterocycles. The molecule has 1 unspecified atom stereocenters. The average Bonchev–Trinajstić information content (AvgIpc) is 2.91. The third-order valence-corrected chi connectivity index (χ3v) is 5.12. The number of imide groups is 1. The Hall–Kier alpha value is -3.15. The fourth-order valence-corrected chi connectivity index (χ4v) is 3.70. The summed E-state index contributed by atoms with van der Waals surface area (Å²) in [5.74, 6) is -1.03. The number of rotatable bonds is 2. The van der Waals surface area contributed by atoms with Crippen LogP contribution in [-0.2, 0) is 17.8 Å². The second-order valence-electron chi connectivity index (χ2n) is 6.74. The van der Waals surface area contributed by atoms with E-state index in [0.29, 0.717) is 36.3 Å². The molecule has 132 valence electrons. The highest BCUT2D eigenvalue weighted by molar-refractivity contribution is 6.22. The zero-order valence-corrected chi connectivity index (χ0v) is 14.4. The molecule has 2 aliphatic heterocycles. The van der Waals surface area contributed by atoms with Crippen molar-refractivity contribution in [3.63, 3.8) is 0 Å². The molecule has 0 bridgehead atoms. The van der Waals surface area contributed by atoms with Crippen molar-refractivity contribution in [3.8, 4) is 0 Å². The van der Waals surface area contributed by atoms with Crippen LogP contribution < -0.4 is 5.73 Å². The molecule has 0 aliphatic carbocycles. The van der Waals surface area contributed by atoms with E-state index in [1.807, 2.05) is 18.2 Å². The first-order valence-corrected chi connectivity index (χ1v) is 8.60. The van der Waals surface area contributed by atoms with Gasteiger partial charge in [0.2, 0.25) is 5.91 Å². The Labute approximate surface area is 151 Å². The number of carbonyl (C=O) groups is 3. The summed E-state index contributed by atoms with van der Waals surface area (Å²) in [5.41, 5.74) is 9.43. The fourth-order valence-electron chi connectivity index (χ4n) is 3.70. The van der Waals surface area contributed by atoms with Crippen molar-refractivity contribution in [2.45, 2.75) is 25.9 Å². The Kier molecular flexibility index (Phi) is 3.76. The van der Waals surface area contributed by atoms with Gasteiger partial charge >= 0.3 is 0 Å². The largest absolute Gasteiger partial charge is 0.399 e. The van der Waals surface area contributed by atoms with Gasteiger partial charge in [-0.3, -0.25) is 19.3 Å². The van der Waals surface area contributed by atoms with Gasteiger partial charge in [0.25, 0.3) is 11.8 Å². The maximum Gasteiger partial charge on any atom is 0.262 e. The maximum absolute atomic E-state index is 13.0. The van der Waals surface area contributed by atoms with Gasteiger partial charge in [-0.05, 0) is 48.7 Å². The van der Waals surface area contributed by atoms with Crippen LogP contribution >= 0.6 is 0 Å². The number of amides is 3. The Bertz CT molecular complexity index is 903. The molecule has 1 atom stereocenters.